The minimum absolute atomic E-state index is 0.0197. The molecule has 2 atom stereocenters. The Balaban J connectivity index is 1.32. The van der Waals surface area contributed by atoms with Crippen LogP contribution in [-0.2, 0) is 17.9 Å². The van der Waals surface area contributed by atoms with E-state index in [1.807, 2.05) is 0 Å². The van der Waals surface area contributed by atoms with Crippen molar-refractivity contribution < 1.29 is 14.5 Å². The van der Waals surface area contributed by atoms with Crippen molar-refractivity contribution in [3.05, 3.63) is 74.8 Å². The van der Waals surface area contributed by atoms with Crippen LogP contribution in [0.3, 0.4) is 0 Å². The predicted octanol–water partition coefficient (Wildman–Crippen LogP) is 4.06. The summed E-state index contributed by atoms with van der Waals surface area (Å²) in [6.07, 6.45) is 3.93. The summed E-state index contributed by atoms with van der Waals surface area (Å²) in [6.45, 7) is 8.08. The van der Waals surface area contributed by atoms with Crippen molar-refractivity contribution in [3.63, 3.8) is 0 Å². The number of hydrogen-bond acceptors (Lipinski definition) is 5. The number of nitrogens with zero attached hydrogens (tertiary/aromatic N) is 3. The highest BCUT2D eigenvalue weighted by atomic mass is 16.6. The summed E-state index contributed by atoms with van der Waals surface area (Å²) >= 11 is 0. The first-order valence-electron chi connectivity index (χ1n) is 12.5. The zero-order valence-corrected chi connectivity index (χ0v) is 20.5. The minimum atomic E-state index is -0.529. The van der Waals surface area contributed by atoms with E-state index in [9.17, 15) is 19.7 Å². The van der Waals surface area contributed by atoms with E-state index in [4.69, 9.17) is 0 Å². The van der Waals surface area contributed by atoms with Gasteiger partial charge in [0.25, 0.3) is 11.6 Å². The lowest BCUT2D eigenvalue weighted by molar-refractivity contribution is -0.385. The molecule has 186 valence electrons. The third-order valence-electron chi connectivity index (χ3n) is 7.09. The Labute approximate surface area is 206 Å². The lowest BCUT2D eigenvalue weighted by atomic mass is 9.99. The van der Waals surface area contributed by atoms with Gasteiger partial charge >= 0.3 is 0 Å². The maximum atomic E-state index is 13.1. The van der Waals surface area contributed by atoms with Gasteiger partial charge in [-0.2, -0.15) is 0 Å². The summed E-state index contributed by atoms with van der Waals surface area (Å²) in [4.78, 5) is 40.7. The molecule has 0 saturated carbocycles. The quantitative estimate of drug-likeness (QED) is 0.478. The van der Waals surface area contributed by atoms with Gasteiger partial charge in [0.2, 0.25) is 5.91 Å². The van der Waals surface area contributed by atoms with E-state index in [2.05, 4.69) is 41.4 Å². The molecule has 2 aliphatic heterocycles. The van der Waals surface area contributed by atoms with E-state index in [0.29, 0.717) is 30.6 Å². The Hall–Kier alpha value is -3.26. The van der Waals surface area contributed by atoms with Gasteiger partial charge in [0.05, 0.1) is 4.92 Å². The van der Waals surface area contributed by atoms with E-state index in [0.717, 1.165) is 37.5 Å². The Morgan fingerprint density at radius 2 is 1.77 bits per heavy atom. The van der Waals surface area contributed by atoms with Gasteiger partial charge in [-0.3, -0.25) is 24.6 Å². The molecule has 8 heteroatoms. The van der Waals surface area contributed by atoms with Crippen molar-refractivity contribution in [2.24, 2.45) is 5.92 Å². The second-order valence-corrected chi connectivity index (χ2v) is 9.93. The maximum absolute atomic E-state index is 13.1. The fourth-order valence-electron chi connectivity index (χ4n) is 5.20. The van der Waals surface area contributed by atoms with Gasteiger partial charge in [0, 0.05) is 43.4 Å². The highest BCUT2D eigenvalue weighted by Gasteiger charge is 2.34. The van der Waals surface area contributed by atoms with Gasteiger partial charge in [-0.25, -0.2) is 0 Å². The number of carbonyl (C=O) groups excluding carboxylic acids is 2. The zero-order chi connectivity index (χ0) is 24.9. The molecular formula is C27H34N4O4. The van der Waals surface area contributed by atoms with Crippen LogP contribution in [0.15, 0.2) is 42.5 Å². The molecule has 0 bridgehead atoms. The number of aryl methyl sites for hydroxylation is 1. The fraction of sp³-hybridized carbons (Fsp3) is 0.481. The van der Waals surface area contributed by atoms with Crippen LogP contribution in [-0.4, -0.2) is 52.2 Å². The smallest absolute Gasteiger partial charge is 0.272 e. The standard InChI is InChI=1S/C27H34N4O4/c1-19-5-3-13-29(17-19)18-22-9-7-21(8-10-22)16-28-26(32)25-6-4-14-30(25)27(33)23-11-12-24(31(34)35)20(2)15-23/h7-12,15,19,25H,3-6,13-14,16-18H2,1-2H3,(H,28,32). The first kappa shape index (κ1) is 24.9. The molecule has 2 saturated heterocycles. The lowest BCUT2D eigenvalue weighted by Gasteiger charge is -2.30. The Morgan fingerprint density at radius 3 is 2.46 bits per heavy atom. The first-order chi connectivity index (χ1) is 16.8. The average Bonchev–Trinajstić information content (AvgIpc) is 3.33. The molecule has 0 aliphatic carbocycles. The predicted molar refractivity (Wildman–Crippen MR) is 134 cm³/mol. The molecule has 2 aliphatic rings. The van der Waals surface area contributed by atoms with Crippen molar-refractivity contribution in [2.75, 3.05) is 19.6 Å². The van der Waals surface area contributed by atoms with E-state index in [1.165, 1.54) is 36.6 Å². The van der Waals surface area contributed by atoms with E-state index >= 15 is 0 Å². The van der Waals surface area contributed by atoms with Crippen molar-refractivity contribution in [1.82, 2.24) is 15.1 Å². The highest BCUT2D eigenvalue weighted by Crippen LogP contribution is 2.24. The number of nitro groups is 1. The number of likely N-dealkylation sites (tertiary alicyclic amines) is 2. The van der Waals surface area contributed by atoms with Crippen LogP contribution in [0, 0.1) is 23.0 Å². The summed E-state index contributed by atoms with van der Waals surface area (Å²) in [5.74, 6) is 0.322. The molecule has 2 amide bonds. The fourth-order valence-corrected chi connectivity index (χ4v) is 5.20. The van der Waals surface area contributed by atoms with Crippen molar-refractivity contribution in [3.8, 4) is 0 Å². The van der Waals surface area contributed by atoms with Gasteiger partial charge in [-0.05, 0) is 68.3 Å². The SMILES string of the molecule is Cc1cc(C(=O)N2CCCC2C(=O)NCc2ccc(CN3CCCC(C)C3)cc2)ccc1[N+](=O)[O-]. The average molecular weight is 479 g/mol. The third kappa shape index (κ3) is 6.06. The van der Waals surface area contributed by atoms with E-state index < -0.39 is 11.0 Å². The van der Waals surface area contributed by atoms with Gasteiger partial charge in [0.15, 0.2) is 0 Å². The second kappa shape index (κ2) is 11.0. The Bertz CT molecular complexity index is 1090. The van der Waals surface area contributed by atoms with Crippen molar-refractivity contribution in [1.29, 1.82) is 0 Å². The normalized spacial score (nSPS) is 20.6. The molecule has 35 heavy (non-hydrogen) atoms. The molecule has 2 aromatic carbocycles. The van der Waals surface area contributed by atoms with Crippen LogP contribution in [0.4, 0.5) is 5.69 Å². The van der Waals surface area contributed by atoms with Gasteiger partial charge in [-0.15, -0.1) is 0 Å². The minimum Gasteiger partial charge on any atom is -0.350 e. The van der Waals surface area contributed by atoms with Crippen LogP contribution >= 0.6 is 0 Å². The molecule has 0 aromatic heterocycles. The maximum Gasteiger partial charge on any atom is 0.272 e. The molecule has 0 radical (unpaired) electrons. The summed E-state index contributed by atoms with van der Waals surface area (Å²) < 4.78 is 0. The molecule has 2 fully saturated rings. The lowest BCUT2D eigenvalue weighted by Crippen LogP contribution is -2.45. The molecule has 0 spiro atoms. The number of piperidine rings is 1. The molecule has 1 N–H and O–H groups in total. The molecule has 2 aromatic rings. The molecular weight excluding hydrogens is 444 g/mol. The molecule has 2 unspecified atom stereocenters. The highest BCUT2D eigenvalue weighted by molar-refractivity contribution is 5.98. The largest absolute Gasteiger partial charge is 0.350 e. The van der Waals surface area contributed by atoms with Crippen molar-refractivity contribution in [2.45, 2.75) is 58.7 Å². The first-order valence-corrected chi connectivity index (χ1v) is 12.5. The molecule has 4 rings (SSSR count). The van der Waals surface area contributed by atoms with Crippen LogP contribution < -0.4 is 5.32 Å². The topological polar surface area (TPSA) is 95.8 Å². The van der Waals surface area contributed by atoms with Gasteiger partial charge in [0.1, 0.15) is 6.04 Å². The van der Waals surface area contributed by atoms with Crippen LogP contribution in [0.1, 0.15) is 59.7 Å². The number of carbonyl (C=O) groups is 2. The van der Waals surface area contributed by atoms with Gasteiger partial charge in [-0.1, -0.05) is 31.2 Å². The van der Waals surface area contributed by atoms with E-state index in [-0.39, 0.29) is 17.5 Å². The monoisotopic (exact) mass is 478 g/mol. The summed E-state index contributed by atoms with van der Waals surface area (Å²) in [7, 11) is 0. The number of benzene rings is 2. The molecule has 2 heterocycles. The summed E-state index contributed by atoms with van der Waals surface area (Å²) in [6, 6.07) is 12.2. The third-order valence-corrected chi connectivity index (χ3v) is 7.09. The Morgan fingerprint density at radius 1 is 1.06 bits per heavy atom. The van der Waals surface area contributed by atoms with Gasteiger partial charge < -0.3 is 10.2 Å². The van der Waals surface area contributed by atoms with Crippen LogP contribution in [0.25, 0.3) is 0 Å². The zero-order valence-electron chi connectivity index (χ0n) is 20.5. The van der Waals surface area contributed by atoms with Crippen LogP contribution in [0.2, 0.25) is 0 Å². The second-order valence-electron chi connectivity index (χ2n) is 9.93. The van der Waals surface area contributed by atoms with E-state index in [1.54, 1.807) is 11.8 Å². The summed E-state index contributed by atoms with van der Waals surface area (Å²) in [5.41, 5.74) is 3.08. The number of hydrogen-bond donors (Lipinski definition) is 1. The number of nitrogens with one attached hydrogen (secondary N) is 1. The number of rotatable bonds is 7. The Kier molecular flexibility index (Phi) is 7.80. The number of amides is 2. The van der Waals surface area contributed by atoms with Crippen LogP contribution in [0.5, 0.6) is 0 Å². The summed E-state index contributed by atoms with van der Waals surface area (Å²) in [5, 5.41) is 14.1. The number of nitro benzene ring substituents is 1. The van der Waals surface area contributed by atoms with Crippen molar-refractivity contribution >= 4 is 17.5 Å². The molecule has 8 nitrogen and oxygen atoms in total.